The maximum Gasteiger partial charge on any atom is 0.0613 e. The maximum atomic E-state index is 9.79. The van der Waals surface area contributed by atoms with Crippen LogP contribution in [0.2, 0.25) is 0 Å². The lowest BCUT2D eigenvalue weighted by atomic mass is 9.98. The molecule has 0 aliphatic heterocycles. The largest absolute Gasteiger partial charge is 0.394 e. The van der Waals surface area contributed by atoms with Crippen LogP contribution in [0, 0.1) is 5.92 Å². The van der Waals surface area contributed by atoms with Gasteiger partial charge >= 0.3 is 0 Å². The van der Waals surface area contributed by atoms with Crippen molar-refractivity contribution in [3.63, 3.8) is 0 Å². The highest BCUT2D eigenvalue weighted by Crippen LogP contribution is 2.33. The van der Waals surface area contributed by atoms with E-state index < -0.39 is 0 Å². The number of nitrogens with one attached hydrogen (secondary N) is 1. The van der Waals surface area contributed by atoms with Gasteiger partial charge in [0.25, 0.3) is 0 Å². The second kappa shape index (κ2) is 8.98. The van der Waals surface area contributed by atoms with Gasteiger partial charge in [-0.05, 0) is 38.1 Å². The van der Waals surface area contributed by atoms with Gasteiger partial charge in [0.05, 0.1) is 13.2 Å². The zero-order valence-electron chi connectivity index (χ0n) is 13.8. The van der Waals surface area contributed by atoms with Crippen molar-refractivity contribution in [3.05, 3.63) is 0 Å². The van der Waals surface area contributed by atoms with Gasteiger partial charge in [0.1, 0.15) is 0 Å². The van der Waals surface area contributed by atoms with Gasteiger partial charge in [0.15, 0.2) is 0 Å². The molecule has 0 aromatic heterocycles. The van der Waals surface area contributed by atoms with E-state index >= 15 is 0 Å². The number of ether oxygens (including phenoxy) is 1. The summed E-state index contributed by atoms with van der Waals surface area (Å²) in [4.78, 5) is 2.55. The van der Waals surface area contributed by atoms with Crippen LogP contribution >= 0.6 is 0 Å². The minimum Gasteiger partial charge on any atom is -0.394 e. The first-order valence-electron chi connectivity index (χ1n) is 8.15. The summed E-state index contributed by atoms with van der Waals surface area (Å²) in [5.74, 6) is 0.666. The average molecular weight is 286 g/mol. The molecule has 0 radical (unpaired) electrons. The molecule has 2 unspecified atom stereocenters. The fourth-order valence-corrected chi connectivity index (χ4v) is 3.26. The predicted molar refractivity (Wildman–Crippen MR) is 84.0 cm³/mol. The molecule has 1 aliphatic rings. The van der Waals surface area contributed by atoms with Crippen LogP contribution in [-0.2, 0) is 4.74 Å². The number of nitrogens with zero attached hydrogens (tertiary/aromatic N) is 1. The lowest BCUT2D eigenvalue weighted by Gasteiger charge is -2.33. The summed E-state index contributed by atoms with van der Waals surface area (Å²) >= 11 is 0. The quantitative estimate of drug-likeness (QED) is 0.643. The van der Waals surface area contributed by atoms with Gasteiger partial charge in [-0.15, -0.1) is 0 Å². The number of hydrogen-bond donors (Lipinski definition) is 2. The molecule has 1 aliphatic carbocycles. The molecule has 4 nitrogen and oxygen atoms in total. The molecule has 0 aromatic rings. The summed E-state index contributed by atoms with van der Waals surface area (Å²) in [7, 11) is 1.77. The molecular formula is C16H34N2O2. The first-order valence-corrected chi connectivity index (χ1v) is 8.15. The molecule has 0 spiro atoms. The molecule has 120 valence electrons. The van der Waals surface area contributed by atoms with Gasteiger partial charge in [-0.2, -0.15) is 0 Å². The third kappa shape index (κ3) is 5.32. The third-order valence-corrected chi connectivity index (χ3v) is 4.33. The van der Waals surface area contributed by atoms with Crippen molar-refractivity contribution >= 4 is 0 Å². The molecule has 2 N–H and O–H groups in total. The first kappa shape index (κ1) is 17.9. The van der Waals surface area contributed by atoms with E-state index in [9.17, 15) is 5.11 Å². The molecule has 20 heavy (non-hydrogen) atoms. The zero-order valence-corrected chi connectivity index (χ0v) is 13.8. The van der Waals surface area contributed by atoms with Crippen LogP contribution in [0.1, 0.15) is 46.5 Å². The van der Waals surface area contributed by atoms with Gasteiger partial charge in [-0.25, -0.2) is 0 Å². The Kier molecular flexibility index (Phi) is 8.03. The molecule has 0 amide bonds. The second-order valence-electron chi connectivity index (χ2n) is 6.64. The summed E-state index contributed by atoms with van der Waals surface area (Å²) in [6.07, 6.45) is 4.43. The van der Waals surface area contributed by atoms with Crippen molar-refractivity contribution in [2.45, 2.75) is 58.0 Å². The molecule has 0 aromatic carbocycles. The predicted octanol–water partition coefficient (Wildman–Crippen LogP) is 1.87. The summed E-state index contributed by atoms with van der Waals surface area (Å²) in [6.45, 7) is 10.9. The topological polar surface area (TPSA) is 44.7 Å². The van der Waals surface area contributed by atoms with Gasteiger partial charge < -0.3 is 15.2 Å². The van der Waals surface area contributed by atoms with Crippen LogP contribution in [0.15, 0.2) is 0 Å². The number of methoxy groups -OCH3 is 1. The lowest BCUT2D eigenvalue weighted by molar-refractivity contribution is 0.100. The molecular weight excluding hydrogens is 252 g/mol. The third-order valence-electron chi connectivity index (χ3n) is 4.33. The fraction of sp³-hybridized carbons (Fsp3) is 1.00. The Morgan fingerprint density at radius 2 is 2.20 bits per heavy atom. The fourth-order valence-electron chi connectivity index (χ4n) is 3.26. The minimum atomic E-state index is -0.0526. The minimum absolute atomic E-state index is 0.0526. The molecule has 0 heterocycles. The van der Waals surface area contributed by atoms with Crippen LogP contribution in [0.4, 0.5) is 0 Å². The van der Waals surface area contributed by atoms with E-state index in [1.807, 2.05) is 0 Å². The van der Waals surface area contributed by atoms with Crippen LogP contribution < -0.4 is 5.32 Å². The zero-order chi connectivity index (χ0) is 15.0. The van der Waals surface area contributed by atoms with Crippen molar-refractivity contribution < 1.29 is 9.84 Å². The highest BCUT2D eigenvalue weighted by molar-refractivity contribution is 4.99. The normalized spacial score (nSPS) is 26.9. The Morgan fingerprint density at radius 1 is 1.45 bits per heavy atom. The molecule has 1 saturated carbocycles. The maximum absolute atomic E-state index is 9.79. The molecule has 4 heteroatoms. The van der Waals surface area contributed by atoms with E-state index in [2.05, 4.69) is 31.0 Å². The molecule has 1 rings (SSSR count). The number of aliphatic hydroxyl groups excluding tert-OH is 1. The van der Waals surface area contributed by atoms with Gasteiger partial charge in [0.2, 0.25) is 0 Å². The summed E-state index contributed by atoms with van der Waals surface area (Å²) in [5, 5.41) is 13.4. The van der Waals surface area contributed by atoms with E-state index in [0.717, 1.165) is 45.5 Å². The van der Waals surface area contributed by atoms with Crippen molar-refractivity contribution in [2.75, 3.05) is 40.0 Å². The highest BCUT2D eigenvalue weighted by atomic mass is 16.5. The van der Waals surface area contributed by atoms with E-state index in [1.165, 1.54) is 6.42 Å². The first-order chi connectivity index (χ1) is 9.56. The van der Waals surface area contributed by atoms with Crippen LogP contribution in [-0.4, -0.2) is 61.5 Å². The van der Waals surface area contributed by atoms with E-state index in [-0.39, 0.29) is 12.1 Å². The monoisotopic (exact) mass is 286 g/mol. The van der Waals surface area contributed by atoms with E-state index in [4.69, 9.17) is 4.74 Å². The van der Waals surface area contributed by atoms with Crippen molar-refractivity contribution in [2.24, 2.45) is 5.92 Å². The lowest BCUT2D eigenvalue weighted by Crippen LogP contribution is -2.48. The van der Waals surface area contributed by atoms with E-state index in [1.54, 1.807) is 7.11 Å². The van der Waals surface area contributed by atoms with Crippen LogP contribution in [0.3, 0.4) is 0 Å². The van der Waals surface area contributed by atoms with Crippen LogP contribution in [0.5, 0.6) is 0 Å². The summed E-state index contributed by atoms with van der Waals surface area (Å²) in [6, 6.07) is 0.573. The molecule has 2 atom stereocenters. The van der Waals surface area contributed by atoms with Gasteiger partial charge in [0, 0.05) is 31.8 Å². The average Bonchev–Trinajstić information content (AvgIpc) is 2.86. The van der Waals surface area contributed by atoms with E-state index in [0.29, 0.717) is 12.0 Å². The Labute approximate surface area is 124 Å². The number of aliphatic hydroxyl groups is 1. The Balaban J connectivity index is 2.59. The standard InChI is InChI=1S/C16H34N2O2/c1-5-8-17-16(13-19)7-6-15(11-16)18(9-10-20-4)12-14(2)3/h14-15,17,19H,5-13H2,1-4H3. The second-order valence-corrected chi connectivity index (χ2v) is 6.64. The van der Waals surface area contributed by atoms with Gasteiger partial charge in [-0.3, -0.25) is 4.90 Å². The van der Waals surface area contributed by atoms with Crippen molar-refractivity contribution in [3.8, 4) is 0 Å². The van der Waals surface area contributed by atoms with Crippen molar-refractivity contribution in [1.82, 2.24) is 10.2 Å². The molecule has 0 bridgehead atoms. The Hall–Kier alpha value is -0.160. The smallest absolute Gasteiger partial charge is 0.0613 e. The number of hydrogen-bond acceptors (Lipinski definition) is 4. The molecule has 1 fully saturated rings. The number of rotatable bonds is 10. The highest BCUT2D eigenvalue weighted by Gasteiger charge is 2.40. The summed E-state index contributed by atoms with van der Waals surface area (Å²) < 4.78 is 5.25. The Bertz CT molecular complexity index is 261. The SMILES string of the molecule is CCCNC1(CO)CCC(N(CCOC)CC(C)C)C1. The summed E-state index contributed by atoms with van der Waals surface area (Å²) in [5.41, 5.74) is -0.0526. The Morgan fingerprint density at radius 3 is 2.75 bits per heavy atom. The molecule has 0 saturated heterocycles. The van der Waals surface area contributed by atoms with Crippen molar-refractivity contribution in [1.29, 1.82) is 0 Å². The van der Waals surface area contributed by atoms with Gasteiger partial charge in [-0.1, -0.05) is 20.8 Å². The van der Waals surface area contributed by atoms with Crippen LogP contribution in [0.25, 0.3) is 0 Å².